The minimum atomic E-state index is -0.721. The fourth-order valence-electron chi connectivity index (χ4n) is 4.01. The molecule has 0 aliphatic carbocycles. The fraction of sp³-hybridized carbons (Fsp3) is 0.542. The largest absolute Gasteiger partial charge is 0.481 e. The van der Waals surface area contributed by atoms with E-state index in [2.05, 4.69) is 6.92 Å². The van der Waals surface area contributed by atoms with E-state index in [-0.39, 0.29) is 12.6 Å². The third-order valence-electron chi connectivity index (χ3n) is 5.91. The molecular formula is C24H32ClFO4. The first-order valence-electron chi connectivity index (χ1n) is 10.6. The topological polar surface area (TPSA) is 55.8 Å². The molecule has 2 aromatic rings. The lowest BCUT2D eigenvalue weighted by Gasteiger charge is -2.28. The van der Waals surface area contributed by atoms with Gasteiger partial charge in [0.1, 0.15) is 11.6 Å². The number of carboxylic acid groups (broad SMARTS) is 1. The number of carboxylic acids is 1. The molecule has 4 nitrogen and oxygen atoms in total. The Hall–Kier alpha value is -1.85. The molecule has 0 aliphatic heterocycles. The van der Waals surface area contributed by atoms with Gasteiger partial charge in [0.25, 0.3) is 0 Å². The second-order valence-electron chi connectivity index (χ2n) is 7.83. The second-order valence-corrected chi connectivity index (χ2v) is 8.24. The SMILES string of the molecule is CCCCC(CC)(CCCCc1c(F)ccc2cc(OCOC)cc(Cl)c12)C(=O)O. The maximum absolute atomic E-state index is 14.6. The van der Waals surface area contributed by atoms with Gasteiger partial charge in [-0.2, -0.15) is 0 Å². The Kier molecular flexibility index (Phi) is 9.37. The van der Waals surface area contributed by atoms with Gasteiger partial charge in [-0.1, -0.05) is 50.8 Å². The highest BCUT2D eigenvalue weighted by Crippen LogP contribution is 2.37. The zero-order chi connectivity index (χ0) is 22.1. The predicted octanol–water partition coefficient (Wildman–Crippen LogP) is 7.00. The van der Waals surface area contributed by atoms with Gasteiger partial charge in [-0.15, -0.1) is 0 Å². The van der Waals surface area contributed by atoms with Gasteiger partial charge in [0, 0.05) is 12.5 Å². The van der Waals surface area contributed by atoms with Crippen LogP contribution in [-0.2, 0) is 16.0 Å². The molecule has 0 radical (unpaired) electrons. The zero-order valence-corrected chi connectivity index (χ0v) is 18.9. The van der Waals surface area contributed by atoms with Crippen LogP contribution in [0.15, 0.2) is 24.3 Å². The van der Waals surface area contributed by atoms with Crippen LogP contribution in [-0.4, -0.2) is 25.0 Å². The summed E-state index contributed by atoms with van der Waals surface area (Å²) in [5, 5.41) is 11.7. The van der Waals surface area contributed by atoms with Gasteiger partial charge in [-0.25, -0.2) is 4.39 Å². The van der Waals surface area contributed by atoms with Crippen molar-refractivity contribution in [1.82, 2.24) is 0 Å². The number of benzene rings is 2. The van der Waals surface area contributed by atoms with Crippen molar-refractivity contribution in [3.63, 3.8) is 0 Å². The van der Waals surface area contributed by atoms with Gasteiger partial charge in [0.15, 0.2) is 6.79 Å². The first kappa shape index (κ1) is 24.4. The lowest BCUT2D eigenvalue weighted by Crippen LogP contribution is -2.30. The molecule has 0 saturated carbocycles. The van der Waals surface area contributed by atoms with E-state index in [1.54, 1.807) is 12.1 Å². The van der Waals surface area contributed by atoms with E-state index in [1.165, 1.54) is 13.2 Å². The molecule has 0 spiro atoms. The first-order chi connectivity index (χ1) is 14.4. The molecule has 1 unspecified atom stereocenters. The van der Waals surface area contributed by atoms with E-state index in [9.17, 15) is 14.3 Å². The fourth-order valence-corrected chi connectivity index (χ4v) is 4.34. The number of carbonyl (C=O) groups is 1. The van der Waals surface area contributed by atoms with Crippen molar-refractivity contribution < 1.29 is 23.8 Å². The number of fused-ring (bicyclic) bond motifs is 1. The highest BCUT2D eigenvalue weighted by atomic mass is 35.5. The standard InChI is InChI=1S/C24H32ClFO4/c1-4-6-12-24(5-2,23(27)28)13-8-7-9-19-21(26)11-10-17-14-18(30-16-29-3)15-20(25)22(17)19/h10-11,14-15H,4-9,12-13,16H2,1-3H3,(H,27,28). The summed E-state index contributed by atoms with van der Waals surface area (Å²) in [5.41, 5.74) is -0.111. The van der Waals surface area contributed by atoms with Gasteiger partial charge in [-0.3, -0.25) is 4.79 Å². The summed E-state index contributed by atoms with van der Waals surface area (Å²) >= 11 is 6.46. The summed E-state index contributed by atoms with van der Waals surface area (Å²) in [6.45, 7) is 4.12. The Labute approximate surface area is 183 Å². The van der Waals surface area contributed by atoms with Crippen LogP contribution in [0.4, 0.5) is 4.39 Å². The van der Waals surface area contributed by atoms with Crippen LogP contribution in [0.1, 0.15) is 64.4 Å². The molecule has 2 rings (SSSR count). The first-order valence-corrected chi connectivity index (χ1v) is 11.0. The molecule has 0 aromatic heterocycles. The number of rotatable bonds is 13. The molecule has 166 valence electrons. The average molecular weight is 439 g/mol. The molecule has 6 heteroatoms. The number of aryl methyl sites for hydroxylation is 1. The lowest BCUT2D eigenvalue weighted by atomic mass is 9.76. The second kappa shape index (κ2) is 11.5. The van der Waals surface area contributed by atoms with Crippen LogP contribution >= 0.6 is 11.6 Å². The summed E-state index contributed by atoms with van der Waals surface area (Å²) in [4.78, 5) is 11.9. The smallest absolute Gasteiger partial charge is 0.309 e. The Morgan fingerprint density at radius 3 is 2.53 bits per heavy atom. The number of hydrogen-bond donors (Lipinski definition) is 1. The number of aliphatic carboxylic acids is 1. The minimum absolute atomic E-state index is 0.108. The van der Waals surface area contributed by atoms with Crippen LogP contribution in [0.25, 0.3) is 10.8 Å². The van der Waals surface area contributed by atoms with Crippen LogP contribution in [0.5, 0.6) is 5.75 Å². The van der Waals surface area contributed by atoms with Crippen LogP contribution in [0, 0.1) is 11.2 Å². The molecule has 0 heterocycles. The normalized spacial score (nSPS) is 13.4. The summed E-state index contributed by atoms with van der Waals surface area (Å²) in [5.74, 6) is -0.445. The Morgan fingerprint density at radius 2 is 1.90 bits per heavy atom. The van der Waals surface area contributed by atoms with Crippen molar-refractivity contribution in [1.29, 1.82) is 0 Å². The van der Waals surface area contributed by atoms with Crippen molar-refractivity contribution in [3.05, 3.63) is 40.7 Å². The maximum atomic E-state index is 14.6. The van der Waals surface area contributed by atoms with E-state index >= 15 is 0 Å². The summed E-state index contributed by atoms with van der Waals surface area (Å²) < 4.78 is 25.0. The summed E-state index contributed by atoms with van der Waals surface area (Å²) in [6.07, 6.45) is 5.73. The monoisotopic (exact) mass is 438 g/mol. The van der Waals surface area contributed by atoms with Crippen LogP contribution in [0.2, 0.25) is 5.02 Å². The van der Waals surface area contributed by atoms with Crippen molar-refractivity contribution >= 4 is 28.3 Å². The van der Waals surface area contributed by atoms with E-state index in [4.69, 9.17) is 21.1 Å². The molecule has 0 fully saturated rings. The van der Waals surface area contributed by atoms with E-state index in [0.717, 1.165) is 24.6 Å². The quantitative estimate of drug-likeness (QED) is 0.270. The predicted molar refractivity (Wildman–Crippen MR) is 119 cm³/mol. The number of ether oxygens (including phenoxy) is 2. The number of halogens is 2. The molecular weight excluding hydrogens is 407 g/mol. The van der Waals surface area contributed by atoms with Crippen molar-refractivity contribution in [2.24, 2.45) is 5.41 Å². The molecule has 0 amide bonds. The third-order valence-corrected chi connectivity index (χ3v) is 6.21. The molecule has 0 saturated heterocycles. The number of hydrogen-bond acceptors (Lipinski definition) is 3. The lowest BCUT2D eigenvalue weighted by molar-refractivity contribution is -0.150. The third kappa shape index (κ3) is 5.86. The molecule has 0 bridgehead atoms. The Balaban J connectivity index is 2.15. The van der Waals surface area contributed by atoms with Crippen molar-refractivity contribution in [3.8, 4) is 5.75 Å². The molecule has 0 aliphatic rings. The highest BCUT2D eigenvalue weighted by molar-refractivity contribution is 6.36. The Bertz CT molecular complexity index is 855. The van der Waals surface area contributed by atoms with E-state index in [0.29, 0.717) is 53.8 Å². The highest BCUT2D eigenvalue weighted by Gasteiger charge is 2.35. The maximum Gasteiger partial charge on any atom is 0.309 e. The van der Waals surface area contributed by atoms with Gasteiger partial charge in [0.2, 0.25) is 0 Å². The number of methoxy groups -OCH3 is 1. The van der Waals surface area contributed by atoms with E-state index in [1.807, 2.05) is 13.0 Å². The molecule has 1 N–H and O–H groups in total. The van der Waals surface area contributed by atoms with Crippen molar-refractivity contribution in [2.75, 3.05) is 13.9 Å². The van der Waals surface area contributed by atoms with Crippen molar-refractivity contribution in [2.45, 2.75) is 65.2 Å². The van der Waals surface area contributed by atoms with Gasteiger partial charge in [0.05, 0.1) is 10.4 Å². The van der Waals surface area contributed by atoms with Gasteiger partial charge < -0.3 is 14.6 Å². The van der Waals surface area contributed by atoms with Gasteiger partial charge in [-0.05, 0) is 61.3 Å². The number of unbranched alkanes of at least 4 members (excludes halogenated alkanes) is 2. The molecule has 2 aromatic carbocycles. The summed E-state index contributed by atoms with van der Waals surface area (Å²) in [6, 6.07) is 6.63. The zero-order valence-electron chi connectivity index (χ0n) is 18.1. The summed E-state index contributed by atoms with van der Waals surface area (Å²) in [7, 11) is 1.54. The average Bonchev–Trinajstić information content (AvgIpc) is 2.73. The van der Waals surface area contributed by atoms with Crippen LogP contribution in [0.3, 0.4) is 0 Å². The van der Waals surface area contributed by atoms with E-state index < -0.39 is 11.4 Å². The van der Waals surface area contributed by atoms with Gasteiger partial charge >= 0.3 is 5.97 Å². The van der Waals surface area contributed by atoms with Crippen LogP contribution < -0.4 is 4.74 Å². The minimum Gasteiger partial charge on any atom is -0.481 e. The molecule has 30 heavy (non-hydrogen) atoms. The Morgan fingerprint density at radius 1 is 1.17 bits per heavy atom. The molecule has 1 atom stereocenters.